The zero-order chi connectivity index (χ0) is 18.4. The van der Waals surface area contributed by atoms with Crippen LogP contribution in [0.1, 0.15) is 34.5 Å². The number of rotatable bonds is 2. The normalized spacial score (nSPS) is 23.3. The van der Waals surface area contributed by atoms with Crippen LogP contribution in [0.4, 0.5) is 8.78 Å². The minimum absolute atomic E-state index is 0.000282. The Kier molecular flexibility index (Phi) is 4.20. The number of likely N-dealkylation sites (tertiary alicyclic amines) is 1. The van der Waals surface area contributed by atoms with E-state index in [4.69, 9.17) is 0 Å². The van der Waals surface area contributed by atoms with Crippen LogP contribution in [-0.2, 0) is 13.1 Å². The molecule has 7 nitrogen and oxygen atoms in total. The highest BCUT2D eigenvalue weighted by Crippen LogP contribution is 2.31. The first-order valence-corrected chi connectivity index (χ1v) is 8.48. The molecule has 1 aromatic carbocycles. The number of carbonyl (C=O) groups is 1. The van der Waals surface area contributed by atoms with Crippen LogP contribution in [0.15, 0.2) is 18.2 Å². The Balaban J connectivity index is 1.54. The fourth-order valence-corrected chi connectivity index (χ4v) is 3.69. The SMILES string of the molecule is CN1C[C@H](O)C[C@H]1c1nnc2n1CCN(C(=O)c1ccc(F)c(F)c1)C2. The summed E-state index contributed by atoms with van der Waals surface area (Å²) in [5.74, 6) is -0.947. The third kappa shape index (κ3) is 2.86. The highest BCUT2D eigenvalue weighted by molar-refractivity contribution is 5.94. The molecule has 26 heavy (non-hydrogen) atoms. The van der Waals surface area contributed by atoms with Crippen molar-refractivity contribution in [1.29, 1.82) is 0 Å². The van der Waals surface area contributed by atoms with Crippen molar-refractivity contribution in [2.75, 3.05) is 20.1 Å². The maximum atomic E-state index is 13.4. The molecule has 3 heterocycles. The Morgan fingerprint density at radius 2 is 2.04 bits per heavy atom. The number of benzene rings is 1. The van der Waals surface area contributed by atoms with E-state index in [0.717, 1.165) is 18.0 Å². The van der Waals surface area contributed by atoms with Crippen LogP contribution in [0.25, 0.3) is 0 Å². The third-order valence-corrected chi connectivity index (χ3v) is 5.06. The Morgan fingerprint density at radius 3 is 2.73 bits per heavy atom. The van der Waals surface area contributed by atoms with E-state index in [2.05, 4.69) is 10.2 Å². The average molecular weight is 363 g/mol. The van der Waals surface area contributed by atoms with Gasteiger partial charge in [-0.05, 0) is 31.7 Å². The van der Waals surface area contributed by atoms with Gasteiger partial charge in [-0.2, -0.15) is 0 Å². The molecule has 9 heteroatoms. The van der Waals surface area contributed by atoms with Crippen LogP contribution in [0.5, 0.6) is 0 Å². The quantitative estimate of drug-likeness (QED) is 0.860. The number of halogens is 2. The van der Waals surface area contributed by atoms with Gasteiger partial charge >= 0.3 is 0 Å². The summed E-state index contributed by atoms with van der Waals surface area (Å²) >= 11 is 0. The number of aliphatic hydroxyl groups excluding tert-OH is 1. The van der Waals surface area contributed by atoms with Gasteiger partial charge in [-0.1, -0.05) is 0 Å². The highest BCUT2D eigenvalue weighted by Gasteiger charge is 2.35. The predicted molar refractivity (Wildman–Crippen MR) is 87.1 cm³/mol. The van der Waals surface area contributed by atoms with Gasteiger partial charge in [-0.3, -0.25) is 9.69 Å². The first-order chi connectivity index (χ1) is 12.4. The average Bonchev–Trinajstić information content (AvgIpc) is 3.18. The second-order valence-corrected chi connectivity index (χ2v) is 6.83. The maximum absolute atomic E-state index is 13.4. The number of hydrogen-bond donors (Lipinski definition) is 1. The number of amides is 1. The number of β-amino-alcohol motifs (C(OH)–C–C–N with tert-alkyl or cyclic N) is 1. The molecule has 0 radical (unpaired) electrons. The number of carbonyl (C=O) groups excluding carboxylic acids is 1. The van der Waals surface area contributed by atoms with Crippen LogP contribution in [-0.4, -0.2) is 61.8 Å². The van der Waals surface area contributed by atoms with Gasteiger partial charge in [0.15, 0.2) is 23.3 Å². The van der Waals surface area contributed by atoms with Gasteiger partial charge in [0, 0.05) is 25.2 Å². The van der Waals surface area contributed by atoms with Crippen molar-refractivity contribution in [2.45, 2.75) is 31.7 Å². The monoisotopic (exact) mass is 363 g/mol. The van der Waals surface area contributed by atoms with Gasteiger partial charge in [-0.15, -0.1) is 10.2 Å². The van der Waals surface area contributed by atoms with Crippen molar-refractivity contribution in [2.24, 2.45) is 0 Å². The van der Waals surface area contributed by atoms with E-state index in [1.165, 1.54) is 6.07 Å². The largest absolute Gasteiger partial charge is 0.392 e. The van der Waals surface area contributed by atoms with Crippen LogP contribution >= 0.6 is 0 Å². The lowest BCUT2D eigenvalue weighted by Crippen LogP contribution is -2.39. The van der Waals surface area contributed by atoms with Crippen molar-refractivity contribution in [3.05, 3.63) is 47.0 Å². The molecular weight excluding hydrogens is 344 g/mol. The summed E-state index contributed by atoms with van der Waals surface area (Å²) < 4.78 is 28.4. The van der Waals surface area contributed by atoms with Crippen molar-refractivity contribution >= 4 is 5.91 Å². The molecular formula is C17H19F2N5O2. The molecule has 138 valence electrons. The lowest BCUT2D eigenvalue weighted by Gasteiger charge is -2.29. The number of aliphatic hydroxyl groups is 1. The Morgan fingerprint density at radius 1 is 1.23 bits per heavy atom. The van der Waals surface area contributed by atoms with E-state index < -0.39 is 11.6 Å². The van der Waals surface area contributed by atoms with Gasteiger partial charge in [0.25, 0.3) is 5.91 Å². The number of hydrogen-bond acceptors (Lipinski definition) is 5. The molecule has 0 unspecified atom stereocenters. The summed E-state index contributed by atoms with van der Waals surface area (Å²) in [6.07, 6.45) is 0.222. The zero-order valence-corrected chi connectivity index (χ0v) is 14.3. The lowest BCUT2D eigenvalue weighted by atomic mass is 10.1. The van der Waals surface area contributed by atoms with Gasteiger partial charge in [0.05, 0.1) is 18.7 Å². The van der Waals surface area contributed by atoms with Crippen LogP contribution in [0.2, 0.25) is 0 Å². The lowest BCUT2D eigenvalue weighted by molar-refractivity contribution is 0.0704. The van der Waals surface area contributed by atoms with Crippen LogP contribution < -0.4 is 0 Å². The van der Waals surface area contributed by atoms with Crippen molar-refractivity contribution in [3.63, 3.8) is 0 Å². The summed E-state index contributed by atoms with van der Waals surface area (Å²) in [4.78, 5) is 16.2. The Hall–Kier alpha value is -2.39. The van der Waals surface area contributed by atoms with E-state index >= 15 is 0 Å². The van der Waals surface area contributed by atoms with E-state index in [1.807, 2.05) is 16.5 Å². The molecule has 2 aliphatic heterocycles. The molecule has 0 spiro atoms. The first-order valence-electron chi connectivity index (χ1n) is 8.48. The molecule has 0 saturated carbocycles. The van der Waals surface area contributed by atoms with Crippen LogP contribution in [0, 0.1) is 11.6 Å². The van der Waals surface area contributed by atoms with Gasteiger partial charge in [0.1, 0.15) is 0 Å². The number of fused-ring (bicyclic) bond motifs is 1. The minimum Gasteiger partial charge on any atom is -0.392 e. The van der Waals surface area contributed by atoms with Crippen molar-refractivity contribution in [3.8, 4) is 0 Å². The summed E-state index contributed by atoms with van der Waals surface area (Å²) in [7, 11) is 1.93. The van der Waals surface area contributed by atoms with Gasteiger partial charge in [0.2, 0.25) is 0 Å². The molecule has 1 aromatic heterocycles. The smallest absolute Gasteiger partial charge is 0.254 e. The fraction of sp³-hybridized carbons (Fsp3) is 0.471. The molecule has 1 amide bonds. The molecule has 2 aromatic rings. The highest BCUT2D eigenvalue weighted by atomic mass is 19.2. The predicted octanol–water partition coefficient (Wildman–Crippen LogP) is 0.950. The first kappa shape index (κ1) is 17.0. The zero-order valence-electron chi connectivity index (χ0n) is 14.3. The standard InChI is InChI=1S/C17H19F2N5O2/c1-22-8-11(25)7-14(22)16-21-20-15-9-23(4-5-24(15)16)17(26)10-2-3-12(18)13(19)6-10/h2-3,6,11,14,25H,4-5,7-9H2,1H3/t11-,14+/m1/s1. The summed E-state index contributed by atoms with van der Waals surface area (Å²) in [6.45, 7) is 1.79. The molecule has 1 fully saturated rings. The summed E-state index contributed by atoms with van der Waals surface area (Å²) in [5.41, 5.74) is 0.107. The van der Waals surface area contributed by atoms with Crippen molar-refractivity contribution in [1.82, 2.24) is 24.6 Å². The van der Waals surface area contributed by atoms with Crippen molar-refractivity contribution < 1.29 is 18.7 Å². The minimum atomic E-state index is -1.04. The number of nitrogens with zero attached hydrogens (tertiary/aromatic N) is 5. The van der Waals surface area contributed by atoms with E-state index in [0.29, 0.717) is 31.9 Å². The maximum Gasteiger partial charge on any atom is 0.254 e. The molecule has 1 N–H and O–H groups in total. The molecule has 1 saturated heterocycles. The molecule has 2 aliphatic rings. The second-order valence-electron chi connectivity index (χ2n) is 6.83. The Labute approximate surface area is 148 Å². The van der Waals surface area contributed by atoms with Crippen LogP contribution in [0.3, 0.4) is 0 Å². The van der Waals surface area contributed by atoms with Gasteiger partial charge < -0.3 is 14.6 Å². The topological polar surface area (TPSA) is 74.5 Å². The summed E-state index contributed by atoms with van der Waals surface area (Å²) in [6, 6.07) is 3.14. The third-order valence-electron chi connectivity index (χ3n) is 5.06. The van der Waals surface area contributed by atoms with E-state index in [-0.39, 0.29) is 30.2 Å². The molecule has 4 rings (SSSR count). The second kappa shape index (κ2) is 6.40. The molecule has 0 bridgehead atoms. The van der Waals surface area contributed by atoms with E-state index in [9.17, 15) is 18.7 Å². The summed E-state index contributed by atoms with van der Waals surface area (Å²) in [5, 5.41) is 18.3. The fourth-order valence-electron chi connectivity index (χ4n) is 3.69. The van der Waals surface area contributed by atoms with Gasteiger partial charge in [-0.25, -0.2) is 8.78 Å². The van der Waals surface area contributed by atoms with E-state index in [1.54, 1.807) is 4.90 Å². The number of aromatic nitrogens is 3. The number of likely N-dealkylation sites (N-methyl/N-ethyl adjacent to an activating group) is 1. The molecule has 2 atom stereocenters. The molecule has 0 aliphatic carbocycles. The Bertz CT molecular complexity index is 856.